The van der Waals surface area contributed by atoms with E-state index in [2.05, 4.69) is 0 Å². The summed E-state index contributed by atoms with van der Waals surface area (Å²) in [5.74, 6) is -1.50. The Kier molecular flexibility index (Phi) is 2.87. The van der Waals surface area contributed by atoms with Gasteiger partial charge in [-0.1, -0.05) is 0 Å². The summed E-state index contributed by atoms with van der Waals surface area (Å²) in [5, 5.41) is 9.05. The SMILES string of the molecule is CC(O)CN1CC(C)OC(=O)C1=O. The van der Waals surface area contributed by atoms with E-state index in [1.165, 1.54) is 4.90 Å². The largest absolute Gasteiger partial charge is 0.454 e. The van der Waals surface area contributed by atoms with Gasteiger partial charge in [0.05, 0.1) is 12.6 Å². The van der Waals surface area contributed by atoms with Crippen molar-refractivity contribution < 1.29 is 19.4 Å². The van der Waals surface area contributed by atoms with Crippen molar-refractivity contribution in [2.75, 3.05) is 13.1 Å². The first-order chi connectivity index (χ1) is 6.00. The Labute approximate surface area is 76.3 Å². The second-order valence-electron chi connectivity index (χ2n) is 3.28. The Hall–Kier alpha value is -1.10. The van der Waals surface area contributed by atoms with Gasteiger partial charge in [-0.25, -0.2) is 4.79 Å². The monoisotopic (exact) mass is 187 g/mol. The zero-order chi connectivity index (χ0) is 10.0. The molecule has 0 saturated carbocycles. The third-order valence-corrected chi connectivity index (χ3v) is 1.73. The van der Waals surface area contributed by atoms with Gasteiger partial charge in [0.1, 0.15) is 6.10 Å². The number of rotatable bonds is 2. The predicted molar refractivity (Wildman–Crippen MR) is 43.8 cm³/mol. The van der Waals surface area contributed by atoms with Crippen LogP contribution in [0.15, 0.2) is 0 Å². The standard InChI is InChI=1S/C8H13NO4/c1-5(10)3-9-4-6(2)13-8(12)7(9)11/h5-6,10H,3-4H2,1-2H3. The molecule has 0 spiro atoms. The Morgan fingerprint density at radius 3 is 2.85 bits per heavy atom. The molecule has 0 aromatic heterocycles. The van der Waals surface area contributed by atoms with Crippen LogP contribution in [0.5, 0.6) is 0 Å². The average Bonchev–Trinajstić information content (AvgIpc) is 1.98. The topological polar surface area (TPSA) is 66.8 Å². The van der Waals surface area contributed by atoms with E-state index in [9.17, 15) is 9.59 Å². The number of cyclic esters (lactones) is 1. The second-order valence-corrected chi connectivity index (χ2v) is 3.28. The number of hydrogen-bond acceptors (Lipinski definition) is 4. The van der Waals surface area contributed by atoms with Crippen LogP contribution in [0.4, 0.5) is 0 Å². The fourth-order valence-electron chi connectivity index (χ4n) is 1.27. The van der Waals surface area contributed by atoms with Crippen molar-refractivity contribution in [1.29, 1.82) is 0 Å². The Balaban J connectivity index is 2.61. The van der Waals surface area contributed by atoms with Gasteiger partial charge >= 0.3 is 11.9 Å². The van der Waals surface area contributed by atoms with Crippen molar-refractivity contribution in [2.24, 2.45) is 0 Å². The number of carbonyl (C=O) groups is 2. The Bertz CT molecular complexity index is 224. The van der Waals surface area contributed by atoms with Gasteiger partial charge in [0.25, 0.3) is 0 Å². The first-order valence-corrected chi connectivity index (χ1v) is 4.18. The zero-order valence-electron chi connectivity index (χ0n) is 7.69. The number of ether oxygens (including phenoxy) is 1. The fourth-order valence-corrected chi connectivity index (χ4v) is 1.27. The number of carbonyl (C=O) groups excluding carboxylic acids is 2. The molecule has 1 N–H and O–H groups in total. The van der Waals surface area contributed by atoms with Crippen molar-refractivity contribution in [2.45, 2.75) is 26.1 Å². The van der Waals surface area contributed by atoms with Crippen LogP contribution >= 0.6 is 0 Å². The molecular formula is C8H13NO4. The Morgan fingerprint density at radius 1 is 1.69 bits per heavy atom. The van der Waals surface area contributed by atoms with Crippen LogP contribution in [0, 0.1) is 0 Å². The summed E-state index contributed by atoms with van der Waals surface area (Å²) in [4.78, 5) is 23.4. The van der Waals surface area contributed by atoms with Crippen LogP contribution in [-0.4, -0.2) is 47.2 Å². The molecule has 0 aromatic rings. The van der Waals surface area contributed by atoms with Crippen LogP contribution in [0.25, 0.3) is 0 Å². The predicted octanol–water partition coefficient (Wildman–Crippen LogP) is -0.859. The van der Waals surface area contributed by atoms with Crippen molar-refractivity contribution in [1.82, 2.24) is 4.90 Å². The number of morpholine rings is 1. The van der Waals surface area contributed by atoms with Crippen LogP contribution < -0.4 is 0 Å². The highest BCUT2D eigenvalue weighted by Gasteiger charge is 2.32. The highest BCUT2D eigenvalue weighted by molar-refractivity contribution is 6.32. The fraction of sp³-hybridized carbons (Fsp3) is 0.750. The highest BCUT2D eigenvalue weighted by atomic mass is 16.6. The number of β-amino-alcohol motifs (C(OH)–C–C–N with tert-alkyl or cyclic N) is 1. The van der Waals surface area contributed by atoms with Crippen LogP contribution in [0.2, 0.25) is 0 Å². The van der Waals surface area contributed by atoms with Gasteiger partial charge in [-0.3, -0.25) is 4.79 Å². The molecule has 0 aromatic carbocycles. The molecule has 5 nitrogen and oxygen atoms in total. The van der Waals surface area contributed by atoms with E-state index in [1.807, 2.05) is 0 Å². The summed E-state index contributed by atoms with van der Waals surface area (Å²) in [6, 6.07) is 0. The number of esters is 1. The van der Waals surface area contributed by atoms with E-state index in [4.69, 9.17) is 9.84 Å². The molecule has 74 valence electrons. The molecule has 0 radical (unpaired) electrons. The third kappa shape index (κ3) is 2.42. The number of aliphatic hydroxyl groups is 1. The van der Waals surface area contributed by atoms with Crippen molar-refractivity contribution in [3.8, 4) is 0 Å². The maximum atomic E-state index is 11.1. The van der Waals surface area contributed by atoms with Crippen LogP contribution in [0.1, 0.15) is 13.8 Å². The minimum atomic E-state index is -0.834. The van der Waals surface area contributed by atoms with E-state index in [0.717, 1.165) is 0 Å². The zero-order valence-corrected chi connectivity index (χ0v) is 7.69. The summed E-state index contributed by atoms with van der Waals surface area (Å²) >= 11 is 0. The minimum Gasteiger partial charge on any atom is -0.454 e. The lowest BCUT2D eigenvalue weighted by atomic mass is 10.2. The number of aliphatic hydroxyl groups excluding tert-OH is 1. The Morgan fingerprint density at radius 2 is 2.31 bits per heavy atom. The molecule has 0 aliphatic carbocycles. The highest BCUT2D eigenvalue weighted by Crippen LogP contribution is 2.07. The number of nitrogens with zero attached hydrogens (tertiary/aromatic N) is 1. The molecule has 1 fully saturated rings. The summed E-state index contributed by atoms with van der Waals surface area (Å²) in [5.41, 5.74) is 0. The molecule has 1 heterocycles. The summed E-state index contributed by atoms with van der Waals surface area (Å²) < 4.78 is 4.70. The molecule has 0 bridgehead atoms. The van der Waals surface area contributed by atoms with E-state index in [1.54, 1.807) is 13.8 Å². The summed E-state index contributed by atoms with van der Waals surface area (Å²) in [6.45, 7) is 3.81. The van der Waals surface area contributed by atoms with Crippen molar-refractivity contribution in [3.63, 3.8) is 0 Å². The number of amides is 1. The lowest BCUT2D eigenvalue weighted by Crippen LogP contribution is -2.50. The summed E-state index contributed by atoms with van der Waals surface area (Å²) in [6.07, 6.45) is -0.911. The molecule has 5 heteroatoms. The van der Waals surface area contributed by atoms with Gasteiger partial charge in [-0.15, -0.1) is 0 Å². The van der Waals surface area contributed by atoms with Gasteiger partial charge in [0, 0.05) is 6.54 Å². The lowest BCUT2D eigenvalue weighted by Gasteiger charge is -2.30. The first kappa shape index (κ1) is 9.98. The molecule has 13 heavy (non-hydrogen) atoms. The van der Waals surface area contributed by atoms with E-state index in [0.29, 0.717) is 6.54 Å². The van der Waals surface area contributed by atoms with Gasteiger partial charge in [0.15, 0.2) is 0 Å². The first-order valence-electron chi connectivity index (χ1n) is 4.18. The van der Waals surface area contributed by atoms with Gasteiger partial charge in [0.2, 0.25) is 0 Å². The molecule has 1 amide bonds. The molecular weight excluding hydrogens is 174 g/mol. The molecule has 1 aliphatic rings. The maximum Gasteiger partial charge on any atom is 0.397 e. The third-order valence-electron chi connectivity index (χ3n) is 1.73. The molecule has 1 aliphatic heterocycles. The summed E-state index contributed by atoms with van der Waals surface area (Å²) in [7, 11) is 0. The molecule has 1 rings (SSSR count). The minimum absolute atomic E-state index is 0.179. The molecule has 1 saturated heterocycles. The van der Waals surface area contributed by atoms with E-state index in [-0.39, 0.29) is 12.6 Å². The van der Waals surface area contributed by atoms with E-state index < -0.39 is 18.0 Å². The van der Waals surface area contributed by atoms with Gasteiger partial charge in [-0.05, 0) is 13.8 Å². The normalized spacial score (nSPS) is 25.8. The van der Waals surface area contributed by atoms with Crippen LogP contribution in [0.3, 0.4) is 0 Å². The molecule has 2 unspecified atom stereocenters. The maximum absolute atomic E-state index is 11.1. The number of hydrogen-bond donors (Lipinski definition) is 1. The quantitative estimate of drug-likeness (QED) is 0.451. The average molecular weight is 187 g/mol. The lowest BCUT2D eigenvalue weighted by molar-refractivity contribution is -0.172. The van der Waals surface area contributed by atoms with E-state index >= 15 is 0 Å². The van der Waals surface area contributed by atoms with Crippen LogP contribution in [-0.2, 0) is 14.3 Å². The van der Waals surface area contributed by atoms with Gasteiger partial charge in [-0.2, -0.15) is 0 Å². The second kappa shape index (κ2) is 3.74. The van der Waals surface area contributed by atoms with Crippen molar-refractivity contribution >= 4 is 11.9 Å². The van der Waals surface area contributed by atoms with Crippen molar-refractivity contribution in [3.05, 3.63) is 0 Å². The molecule has 2 atom stereocenters. The smallest absolute Gasteiger partial charge is 0.397 e. The van der Waals surface area contributed by atoms with Gasteiger partial charge < -0.3 is 14.7 Å².